The highest BCUT2D eigenvalue weighted by atomic mass is 16.5. The van der Waals surface area contributed by atoms with Crippen LogP contribution in [0.1, 0.15) is 68.1 Å². The van der Waals surface area contributed by atoms with Crippen molar-refractivity contribution in [1.82, 2.24) is 4.90 Å². The molecule has 3 aliphatic rings. The number of hydrogen-bond donors (Lipinski definition) is 1. The van der Waals surface area contributed by atoms with Gasteiger partial charge in [-0.3, -0.25) is 9.59 Å². The quantitative estimate of drug-likeness (QED) is 0.854. The molecule has 0 aromatic heterocycles. The number of hydrogen-bond acceptors (Lipinski definition) is 3. The van der Waals surface area contributed by atoms with Gasteiger partial charge in [-0.15, -0.1) is 0 Å². The number of ether oxygens (including phenoxy) is 1. The van der Waals surface area contributed by atoms with Crippen LogP contribution in [0.15, 0.2) is 36.0 Å². The normalized spacial score (nSPS) is 27.5. The van der Waals surface area contributed by atoms with E-state index < -0.39 is 0 Å². The first kappa shape index (κ1) is 19.0. The maximum atomic E-state index is 13.1. The molecule has 1 aromatic rings. The van der Waals surface area contributed by atoms with E-state index in [1.807, 2.05) is 29.2 Å². The fourth-order valence-corrected chi connectivity index (χ4v) is 4.88. The zero-order valence-corrected chi connectivity index (χ0v) is 16.4. The molecule has 5 nitrogen and oxygen atoms in total. The van der Waals surface area contributed by atoms with Crippen molar-refractivity contribution >= 4 is 11.8 Å². The number of allylic oxidation sites excluding steroid dienone is 2. The maximum absolute atomic E-state index is 13.1. The molecule has 1 saturated heterocycles. The number of nitrogens with zero attached hydrogens (tertiary/aromatic N) is 1. The summed E-state index contributed by atoms with van der Waals surface area (Å²) >= 11 is 0. The second kappa shape index (κ2) is 8.38. The van der Waals surface area contributed by atoms with Crippen molar-refractivity contribution < 1.29 is 14.3 Å². The van der Waals surface area contributed by atoms with Gasteiger partial charge in [-0.2, -0.15) is 0 Å². The number of benzene rings is 1. The largest absolute Gasteiger partial charge is 0.490 e. The molecule has 0 bridgehead atoms. The number of likely N-dealkylation sites (tertiary alicyclic amines) is 1. The van der Waals surface area contributed by atoms with Crippen LogP contribution < -0.4 is 10.5 Å². The molecule has 2 fully saturated rings. The van der Waals surface area contributed by atoms with E-state index >= 15 is 0 Å². The zero-order chi connectivity index (χ0) is 19.5. The Labute approximate surface area is 166 Å². The summed E-state index contributed by atoms with van der Waals surface area (Å²) in [5, 5.41) is 0. The third-order valence-corrected chi connectivity index (χ3v) is 6.50. The molecular weight excluding hydrogens is 352 g/mol. The molecule has 2 N–H and O–H groups in total. The minimum Gasteiger partial charge on any atom is -0.490 e. The molecule has 2 aliphatic carbocycles. The summed E-state index contributed by atoms with van der Waals surface area (Å²) in [4.78, 5) is 26.3. The van der Waals surface area contributed by atoms with Crippen LogP contribution in [-0.2, 0) is 4.79 Å². The van der Waals surface area contributed by atoms with E-state index in [1.54, 1.807) is 0 Å². The summed E-state index contributed by atoms with van der Waals surface area (Å²) in [5.41, 5.74) is 7.36. The molecule has 1 heterocycles. The lowest BCUT2D eigenvalue weighted by Crippen LogP contribution is -2.38. The van der Waals surface area contributed by atoms with Crippen LogP contribution in [0.25, 0.3) is 0 Å². The number of carbonyl (C=O) groups excluding carboxylic acids is 2. The van der Waals surface area contributed by atoms with Crippen molar-refractivity contribution in [1.29, 1.82) is 0 Å². The number of nitrogens with two attached hydrogens (primary N) is 1. The van der Waals surface area contributed by atoms with Crippen LogP contribution in [0.5, 0.6) is 5.75 Å². The lowest BCUT2D eigenvalue weighted by molar-refractivity contribution is -0.123. The first-order chi connectivity index (χ1) is 13.6. The van der Waals surface area contributed by atoms with E-state index in [0.717, 1.165) is 56.4 Å². The molecule has 5 heteroatoms. The van der Waals surface area contributed by atoms with Gasteiger partial charge >= 0.3 is 0 Å². The van der Waals surface area contributed by atoms with Crippen molar-refractivity contribution in [3.05, 3.63) is 41.6 Å². The Kier molecular flexibility index (Phi) is 5.69. The number of primary amides is 1. The Morgan fingerprint density at radius 1 is 0.964 bits per heavy atom. The molecule has 1 aromatic carbocycles. The van der Waals surface area contributed by atoms with Crippen LogP contribution >= 0.6 is 0 Å². The molecule has 1 aliphatic heterocycles. The molecule has 150 valence electrons. The van der Waals surface area contributed by atoms with Gasteiger partial charge in [0.05, 0.1) is 6.10 Å². The predicted molar refractivity (Wildman–Crippen MR) is 108 cm³/mol. The monoisotopic (exact) mass is 382 g/mol. The van der Waals surface area contributed by atoms with Crippen molar-refractivity contribution in [3.8, 4) is 5.75 Å². The molecule has 2 amide bonds. The molecule has 0 radical (unpaired) electrons. The highest BCUT2D eigenvalue weighted by molar-refractivity contribution is 5.95. The van der Waals surface area contributed by atoms with Gasteiger partial charge in [0.25, 0.3) is 5.91 Å². The van der Waals surface area contributed by atoms with E-state index in [4.69, 9.17) is 10.5 Å². The average molecular weight is 383 g/mol. The Morgan fingerprint density at radius 2 is 1.68 bits per heavy atom. The van der Waals surface area contributed by atoms with Crippen LogP contribution in [0.4, 0.5) is 0 Å². The predicted octanol–water partition coefficient (Wildman–Crippen LogP) is 4.03. The zero-order valence-electron chi connectivity index (χ0n) is 16.4. The van der Waals surface area contributed by atoms with E-state index in [9.17, 15) is 9.59 Å². The standard InChI is InChI=1S/C23H30N2O3/c24-22(26)17-7-11-19(12-8-17)28-20-13-9-18(10-14-20)23(27)25-15-3-5-16-4-1-2-6-21(16)25/h6,9-10,13-14,16-17,19H,1-5,7-8,11-12,15H2,(H2,24,26). The molecule has 4 rings (SSSR count). The molecule has 1 atom stereocenters. The van der Waals surface area contributed by atoms with E-state index in [1.165, 1.54) is 25.0 Å². The molecule has 1 unspecified atom stereocenters. The summed E-state index contributed by atoms with van der Waals surface area (Å²) < 4.78 is 6.06. The van der Waals surface area contributed by atoms with Gasteiger partial charge in [-0.05, 0) is 88.0 Å². The van der Waals surface area contributed by atoms with Crippen molar-refractivity contribution in [2.75, 3.05) is 6.54 Å². The van der Waals surface area contributed by atoms with Gasteiger partial charge in [-0.1, -0.05) is 6.08 Å². The van der Waals surface area contributed by atoms with E-state index in [-0.39, 0.29) is 23.8 Å². The highest BCUT2D eigenvalue weighted by Gasteiger charge is 2.31. The second-order valence-electron chi connectivity index (χ2n) is 8.37. The lowest BCUT2D eigenvalue weighted by atomic mass is 9.84. The number of amides is 2. The fraction of sp³-hybridized carbons (Fsp3) is 0.565. The average Bonchev–Trinajstić information content (AvgIpc) is 2.74. The van der Waals surface area contributed by atoms with Crippen molar-refractivity contribution in [2.24, 2.45) is 17.6 Å². The Balaban J connectivity index is 1.37. The number of piperidine rings is 1. The van der Waals surface area contributed by atoms with Gasteiger partial charge in [-0.25, -0.2) is 0 Å². The first-order valence-corrected chi connectivity index (χ1v) is 10.7. The highest BCUT2D eigenvalue weighted by Crippen LogP contribution is 2.36. The minimum atomic E-state index is -0.200. The van der Waals surface area contributed by atoms with Gasteiger partial charge in [0.1, 0.15) is 5.75 Å². The van der Waals surface area contributed by atoms with Gasteiger partial charge in [0.15, 0.2) is 0 Å². The third kappa shape index (κ3) is 4.08. The van der Waals surface area contributed by atoms with Gasteiger partial charge in [0, 0.05) is 23.7 Å². The first-order valence-electron chi connectivity index (χ1n) is 10.7. The maximum Gasteiger partial charge on any atom is 0.258 e. The van der Waals surface area contributed by atoms with Crippen LogP contribution in [0, 0.1) is 11.8 Å². The SMILES string of the molecule is NC(=O)C1CCC(Oc2ccc(C(=O)N3CCCC4CCCC=C43)cc2)CC1. The van der Waals surface area contributed by atoms with Gasteiger partial charge < -0.3 is 15.4 Å². The second-order valence-corrected chi connectivity index (χ2v) is 8.37. The molecule has 28 heavy (non-hydrogen) atoms. The summed E-state index contributed by atoms with van der Waals surface area (Å²) in [6, 6.07) is 7.54. The summed E-state index contributed by atoms with van der Waals surface area (Å²) in [6.07, 6.45) is 11.5. The third-order valence-electron chi connectivity index (χ3n) is 6.50. The minimum absolute atomic E-state index is 0.0118. The Bertz CT molecular complexity index is 748. The van der Waals surface area contributed by atoms with Gasteiger partial charge in [0.2, 0.25) is 5.91 Å². The van der Waals surface area contributed by atoms with Crippen molar-refractivity contribution in [2.45, 2.75) is 63.9 Å². The van der Waals surface area contributed by atoms with Crippen LogP contribution in [-0.4, -0.2) is 29.4 Å². The van der Waals surface area contributed by atoms with Crippen molar-refractivity contribution in [3.63, 3.8) is 0 Å². The number of rotatable bonds is 4. The topological polar surface area (TPSA) is 72.6 Å². The number of carbonyl (C=O) groups is 2. The number of fused-ring (bicyclic) bond motifs is 1. The smallest absolute Gasteiger partial charge is 0.258 e. The fourth-order valence-electron chi connectivity index (χ4n) is 4.88. The Morgan fingerprint density at radius 3 is 2.39 bits per heavy atom. The summed E-state index contributed by atoms with van der Waals surface area (Å²) in [7, 11) is 0. The van der Waals surface area contributed by atoms with Crippen LogP contribution in [0.2, 0.25) is 0 Å². The Hall–Kier alpha value is -2.30. The molecule has 1 saturated carbocycles. The van der Waals surface area contributed by atoms with E-state index in [0.29, 0.717) is 5.92 Å². The molecular formula is C23H30N2O3. The van der Waals surface area contributed by atoms with E-state index in [2.05, 4.69) is 6.08 Å². The summed E-state index contributed by atoms with van der Waals surface area (Å²) in [6.45, 7) is 0.822. The lowest BCUT2D eigenvalue weighted by Gasteiger charge is -2.38. The molecule has 0 spiro atoms. The summed E-state index contributed by atoms with van der Waals surface area (Å²) in [5.74, 6) is 1.24. The van der Waals surface area contributed by atoms with Crippen LogP contribution in [0.3, 0.4) is 0 Å².